The molecule has 212 valence electrons. The van der Waals surface area contributed by atoms with Crippen LogP contribution in [0, 0.1) is 11.3 Å². The molecule has 0 amide bonds. The summed E-state index contributed by atoms with van der Waals surface area (Å²) in [5.74, 6) is 0.618. The zero-order valence-electron chi connectivity index (χ0n) is 24.3. The van der Waals surface area contributed by atoms with Gasteiger partial charge in [-0.2, -0.15) is 5.26 Å². The van der Waals surface area contributed by atoms with Crippen LogP contribution in [0.25, 0.3) is 95.8 Å². The van der Waals surface area contributed by atoms with Gasteiger partial charge in [-0.15, -0.1) is 22.7 Å². The van der Waals surface area contributed by atoms with Crippen molar-refractivity contribution in [3.05, 3.63) is 133 Å². The fraction of sp³-hybridized carbons (Fsp3) is 0. The van der Waals surface area contributed by atoms with Gasteiger partial charge in [0.15, 0.2) is 5.82 Å². The number of nitriles is 1. The van der Waals surface area contributed by atoms with Gasteiger partial charge in [0.25, 0.3) is 0 Å². The molecular weight excluding hydrogens is 599 g/mol. The lowest BCUT2D eigenvalue weighted by Gasteiger charge is -2.12. The fourth-order valence-electron chi connectivity index (χ4n) is 7.00. The van der Waals surface area contributed by atoms with E-state index >= 15 is 0 Å². The monoisotopic (exact) mass is 619 g/mol. The molecular formula is C41H21N3S2. The quantitative estimate of drug-likeness (QED) is 0.185. The molecule has 3 nitrogen and oxygen atoms in total. The van der Waals surface area contributed by atoms with Crippen LogP contribution in [0.15, 0.2) is 127 Å². The lowest BCUT2D eigenvalue weighted by molar-refractivity contribution is 1.24. The maximum absolute atomic E-state index is 10.2. The number of hydrogen-bond donors (Lipinski definition) is 0. The summed E-state index contributed by atoms with van der Waals surface area (Å²) in [6.45, 7) is 0. The first-order valence-corrected chi connectivity index (χ1v) is 16.8. The molecule has 0 unspecified atom stereocenters. The molecule has 0 aliphatic rings. The van der Waals surface area contributed by atoms with Crippen LogP contribution < -0.4 is 0 Å². The highest BCUT2D eigenvalue weighted by Crippen LogP contribution is 2.47. The Labute approximate surface area is 271 Å². The molecule has 0 fully saturated rings. The van der Waals surface area contributed by atoms with Crippen molar-refractivity contribution >= 4 is 84.7 Å². The Morgan fingerprint density at radius 2 is 1.15 bits per heavy atom. The van der Waals surface area contributed by atoms with Crippen LogP contribution >= 0.6 is 22.7 Å². The van der Waals surface area contributed by atoms with Gasteiger partial charge in [-0.25, -0.2) is 9.97 Å². The van der Waals surface area contributed by atoms with Crippen LogP contribution in [-0.2, 0) is 0 Å². The molecule has 0 saturated heterocycles. The van der Waals surface area contributed by atoms with Crippen LogP contribution in [0.3, 0.4) is 0 Å². The molecule has 0 atom stereocenters. The second kappa shape index (κ2) is 9.66. The lowest BCUT2D eigenvalue weighted by Crippen LogP contribution is -1.95. The zero-order valence-corrected chi connectivity index (χ0v) is 25.9. The second-order valence-electron chi connectivity index (χ2n) is 11.7. The Bertz CT molecular complexity index is 2870. The Morgan fingerprint density at radius 3 is 2.00 bits per heavy atom. The number of aromatic nitrogens is 2. The number of nitrogens with zero attached hydrogens (tertiary/aromatic N) is 3. The minimum absolute atomic E-state index is 0.584. The van der Waals surface area contributed by atoms with Crippen molar-refractivity contribution in [1.82, 2.24) is 9.97 Å². The van der Waals surface area contributed by atoms with E-state index in [1.807, 2.05) is 41.7 Å². The van der Waals surface area contributed by atoms with Gasteiger partial charge in [0.1, 0.15) is 0 Å². The van der Waals surface area contributed by atoms with Gasteiger partial charge in [0.05, 0.1) is 27.5 Å². The van der Waals surface area contributed by atoms with Crippen LogP contribution in [0.5, 0.6) is 0 Å². The first kappa shape index (κ1) is 25.6. The summed E-state index contributed by atoms with van der Waals surface area (Å²) < 4.78 is 4.80. The van der Waals surface area contributed by atoms with Crippen molar-refractivity contribution in [1.29, 1.82) is 5.26 Å². The first-order valence-electron chi connectivity index (χ1n) is 15.1. The molecule has 0 bridgehead atoms. The van der Waals surface area contributed by atoms with Crippen molar-refractivity contribution in [2.75, 3.05) is 0 Å². The smallest absolute Gasteiger partial charge is 0.160 e. The van der Waals surface area contributed by atoms with Crippen LogP contribution in [0.4, 0.5) is 0 Å². The number of fused-ring (bicyclic) bond motifs is 6. The van der Waals surface area contributed by atoms with E-state index in [9.17, 15) is 5.26 Å². The van der Waals surface area contributed by atoms with Crippen LogP contribution in [0.1, 0.15) is 5.56 Å². The second-order valence-corrected chi connectivity index (χ2v) is 13.8. The minimum atomic E-state index is 0.584. The maximum Gasteiger partial charge on any atom is 0.160 e. The van der Waals surface area contributed by atoms with E-state index in [-0.39, 0.29) is 0 Å². The molecule has 46 heavy (non-hydrogen) atoms. The SMILES string of the molecule is N#Cc1cc(-c2cc3sc4cccc5c6ccccc6c(c2)c3c45)cc(-c2nc(-c3ccccc3)c3sc4ccccc4c3n2)c1. The molecule has 0 spiro atoms. The predicted molar refractivity (Wildman–Crippen MR) is 195 cm³/mol. The molecule has 5 heteroatoms. The standard InChI is InChI=1S/C41H21N3S2/c42-22-23-17-25(26-20-32-29-12-5-4-11-28(29)30-14-8-16-34-36(30)37(32)35(21-26)45-34)19-27(18-23)41-43-38(24-9-2-1-3-10-24)40-39(44-41)31-13-6-7-15-33(31)46-40/h1-21H. The van der Waals surface area contributed by atoms with E-state index in [0.29, 0.717) is 11.4 Å². The van der Waals surface area contributed by atoms with Crippen LogP contribution in [0.2, 0.25) is 0 Å². The molecule has 0 aliphatic carbocycles. The molecule has 10 rings (SSSR count). The molecule has 7 aromatic carbocycles. The first-order chi connectivity index (χ1) is 22.7. The summed E-state index contributed by atoms with van der Waals surface area (Å²) in [7, 11) is 0. The van der Waals surface area contributed by atoms with Gasteiger partial charge in [0, 0.05) is 41.4 Å². The Balaban J connectivity index is 1.25. The summed E-state index contributed by atoms with van der Waals surface area (Å²) >= 11 is 3.56. The molecule has 0 aliphatic heterocycles. The third kappa shape index (κ3) is 3.69. The van der Waals surface area contributed by atoms with Crippen molar-refractivity contribution < 1.29 is 0 Å². The van der Waals surface area contributed by atoms with E-state index in [1.165, 1.54) is 46.4 Å². The van der Waals surface area contributed by atoms with E-state index < -0.39 is 0 Å². The summed E-state index contributed by atoms with van der Waals surface area (Å²) in [6.07, 6.45) is 0. The highest BCUT2D eigenvalue weighted by Gasteiger charge is 2.20. The number of rotatable bonds is 3. The number of thiophene rings is 2. The molecule has 0 saturated carbocycles. The molecule has 3 heterocycles. The maximum atomic E-state index is 10.2. The summed E-state index contributed by atoms with van der Waals surface area (Å²) in [5.41, 5.74) is 6.37. The van der Waals surface area contributed by atoms with Gasteiger partial charge in [-0.1, -0.05) is 84.9 Å². The summed E-state index contributed by atoms with van der Waals surface area (Å²) in [6, 6.07) is 47.1. The van der Waals surface area contributed by atoms with Crippen molar-refractivity contribution in [3.8, 4) is 39.8 Å². The minimum Gasteiger partial charge on any atom is -0.226 e. The largest absolute Gasteiger partial charge is 0.226 e. The normalized spacial score (nSPS) is 11.9. The number of hydrogen-bond acceptors (Lipinski definition) is 5. The molecule has 0 N–H and O–H groups in total. The zero-order chi connectivity index (χ0) is 30.4. The van der Waals surface area contributed by atoms with Gasteiger partial charge >= 0.3 is 0 Å². The van der Waals surface area contributed by atoms with Crippen molar-refractivity contribution in [3.63, 3.8) is 0 Å². The van der Waals surface area contributed by atoms with Gasteiger partial charge < -0.3 is 0 Å². The van der Waals surface area contributed by atoms with Gasteiger partial charge in [-0.3, -0.25) is 0 Å². The molecule has 0 radical (unpaired) electrons. The Hall–Kier alpha value is -5.67. The fourth-order valence-corrected chi connectivity index (χ4v) is 9.35. The topological polar surface area (TPSA) is 49.6 Å². The summed E-state index contributed by atoms with van der Waals surface area (Å²) in [4.78, 5) is 10.4. The van der Waals surface area contributed by atoms with E-state index in [0.717, 1.165) is 43.6 Å². The van der Waals surface area contributed by atoms with E-state index in [2.05, 4.69) is 103 Å². The van der Waals surface area contributed by atoms with Gasteiger partial charge in [-0.05, 0) is 75.1 Å². The third-order valence-electron chi connectivity index (χ3n) is 9.03. The van der Waals surface area contributed by atoms with Gasteiger partial charge in [0.2, 0.25) is 0 Å². The molecule has 10 aromatic rings. The van der Waals surface area contributed by atoms with Crippen molar-refractivity contribution in [2.45, 2.75) is 0 Å². The van der Waals surface area contributed by atoms with Crippen LogP contribution in [-0.4, -0.2) is 9.97 Å². The Kier molecular flexibility index (Phi) is 5.39. The average molecular weight is 620 g/mol. The van der Waals surface area contributed by atoms with E-state index in [1.54, 1.807) is 11.3 Å². The Morgan fingerprint density at radius 1 is 0.478 bits per heavy atom. The average Bonchev–Trinajstić information content (AvgIpc) is 3.69. The third-order valence-corrected chi connectivity index (χ3v) is 11.3. The van der Waals surface area contributed by atoms with Crippen molar-refractivity contribution in [2.24, 2.45) is 0 Å². The predicted octanol–water partition coefficient (Wildman–Crippen LogP) is 11.8. The lowest BCUT2D eigenvalue weighted by atomic mass is 9.91. The number of benzene rings is 7. The molecule has 3 aromatic heterocycles. The highest BCUT2D eigenvalue weighted by atomic mass is 32.1. The van der Waals surface area contributed by atoms with E-state index in [4.69, 9.17) is 9.97 Å². The summed E-state index contributed by atoms with van der Waals surface area (Å²) in [5, 5.41) is 19.0. The highest BCUT2D eigenvalue weighted by molar-refractivity contribution is 7.26.